The summed E-state index contributed by atoms with van der Waals surface area (Å²) in [6, 6.07) is 8.95. The van der Waals surface area contributed by atoms with Crippen LogP contribution in [-0.2, 0) is 6.42 Å². The summed E-state index contributed by atoms with van der Waals surface area (Å²) in [7, 11) is 0. The zero-order chi connectivity index (χ0) is 33.6. The molecule has 4 rings (SSSR count). The highest BCUT2D eigenvalue weighted by Gasteiger charge is 2.26. The predicted octanol–water partition coefficient (Wildman–Crippen LogP) is 14.2. The van der Waals surface area contributed by atoms with Crippen molar-refractivity contribution in [3.63, 3.8) is 0 Å². The molecule has 3 heteroatoms. The lowest BCUT2D eigenvalue weighted by Gasteiger charge is -2.34. The smallest absolute Gasteiger partial charge is 0.166 e. The lowest BCUT2D eigenvalue weighted by molar-refractivity contribution is 0.188. The third kappa shape index (κ3) is 10.6. The molecule has 2 aliphatic rings. The summed E-state index contributed by atoms with van der Waals surface area (Å²) in [6.45, 7) is 12.7. The third-order valence-electron chi connectivity index (χ3n) is 11.1. The van der Waals surface area contributed by atoms with Gasteiger partial charge in [-0.3, -0.25) is 0 Å². The molecule has 0 aromatic heterocycles. The van der Waals surface area contributed by atoms with Crippen molar-refractivity contribution < 1.29 is 13.2 Å². The highest BCUT2D eigenvalue weighted by atomic mass is 19.2. The molecule has 1 unspecified atom stereocenters. The van der Waals surface area contributed by atoms with E-state index >= 15 is 8.78 Å². The first-order valence-corrected chi connectivity index (χ1v) is 18.8. The lowest BCUT2D eigenvalue weighted by atomic mass is 9.72. The fourth-order valence-corrected chi connectivity index (χ4v) is 7.96. The maximum Gasteiger partial charge on any atom is 0.166 e. The summed E-state index contributed by atoms with van der Waals surface area (Å²) in [5.74, 6) is 0.625. The molecule has 0 amide bonds. The molecule has 2 aromatic carbocycles. The van der Waals surface area contributed by atoms with Gasteiger partial charge in [-0.15, -0.1) is 6.58 Å². The second-order valence-corrected chi connectivity index (χ2v) is 14.3. The van der Waals surface area contributed by atoms with Crippen molar-refractivity contribution in [2.45, 2.75) is 136 Å². The highest BCUT2D eigenvalue weighted by molar-refractivity contribution is 5.79. The maximum absolute atomic E-state index is 15.4. The predicted molar refractivity (Wildman–Crippen MR) is 197 cm³/mol. The summed E-state index contributed by atoms with van der Waals surface area (Å²) in [5, 5.41) is 0. The van der Waals surface area contributed by atoms with Crippen molar-refractivity contribution in [3.05, 3.63) is 101 Å². The number of halogens is 3. The molecule has 2 aliphatic carbocycles. The fraction of sp³-hybridized carbons (Fsp3) is 0.545. The molecule has 0 N–H and O–H groups in total. The van der Waals surface area contributed by atoms with Gasteiger partial charge in [0.15, 0.2) is 11.6 Å². The number of benzene rings is 2. The van der Waals surface area contributed by atoms with E-state index < -0.39 is 11.6 Å². The molecule has 1 fully saturated rings. The molecule has 0 spiro atoms. The Bertz CT molecular complexity index is 1370. The van der Waals surface area contributed by atoms with E-state index in [1.165, 1.54) is 64.2 Å². The maximum atomic E-state index is 15.4. The zero-order valence-electron chi connectivity index (χ0n) is 29.3. The topological polar surface area (TPSA) is 0 Å². The molecule has 2 aromatic rings. The van der Waals surface area contributed by atoms with Crippen molar-refractivity contribution in [1.29, 1.82) is 0 Å². The molecule has 0 bridgehead atoms. The second kappa shape index (κ2) is 19.3. The monoisotopic (exact) mass is 644 g/mol. The minimum atomic E-state index is -0.760. The fourth-order valence-electron chi connectivity index (χ4n) is 7.96. The Hall–Kier alpha value is -2.81. The number of aryl methyl sites for hydroxylation is 1. The quantitative estimate of drug-likeness (QED) is 0.105. The van der Waals surface area contributed by atoms with Crippen LogP contribution in [0, 0.1) is 35.2 Å². The van der Waals surface area contributed by atoms with Crippen LogP contribution in [-0.4, -0.2) is 0 Å². The number of hydrogen-bond donors (Lipinski definition) is 0. The van der Waals surface area contributed by atoms with E-state index in [1.807, 2.05) is 30.4 Å². The standard InChI is InChI=1S/C44H59F3/c1-5-8-10-11-12-13-14-16-38-27-30-41(44(47)43(38)46)37-25-23-36(24-26-37)40-29-28-39(31-42(40)45)32(4)17-20-34(7-3)35-21-18-33(19-22-35)15-9-6-2/h6,23,25,27-31,33-35H,2,4-5,7-22,24,26H2,1,3H3. The highest BCUT2D eigenvalue weighted by Crippen LogP contribution is 2.40. The molecular formula is C44H59F3. The summed E-state index contributed by atoms with van der Waals surface area (Å²) < 4.78 is 45.6. The summed E-state index contributed by atoms with van der Waals surface area (Å²) in [6.07, 6.45) is 26.4. The van der Waals surface area contributed by atoms with Gasteiger partial charge in [-0.25, -0.2) is 13.2 Å². The van der Waals surface area contributed by atoms with Gasteiger partial charge in [0.1, 0.15) is 5.82 Å². The van der Waals surface area contributed by atoms with E-state index in [1.54, 1.807) is 18.2 Å². The molecule has 1 saturated carbocycles. The molecule has 0 aliphatic heterocycles. The van der Waals surface area contributed by atoms with Crippen LogP contribution in [0.4, 0.5) is 13.2 Å². The minimum Gasteiger partial charge on any atom is -0.206 e. The normalized spacial score (nSPS) is 18.8. The molecule has 0 nitrogen and oxygen atoms in total. The Kier molecular flexibility index (Phi) is 15.2. The van der Waals surface area contributed by atoms with Gasteiger partial charge >= 0.3 is 0 Å². The van der Waals surface area contributed by atoms with Crippen LogP contribution in [0.3, 0.4) is 0 Å². The summed E-state index contributed by atoms with van der Waals surface area (Å²) >= 11 is 0. The first-order chi connectivity index (χ1) is 22.9. The van der Waals surface area contributed by atoms with Crippen LogP contribution in [0.1, 0.15) is 152 Å². The Labute approximate surface area is 284 Å². The molecule has 0 saturated heterocycles. The van der Waals surface area contributed by atoms with Gasteiger partial charge in [-0.1, -0.05) is 121 Å². The minimum absolute atomic E-state index is 0.247. The van der Waals surface area contributed by atoms with Crippen LogP contribution in [0.5, 0.6) is 0 Å². The van der Waals surface area contributed by atoms with E-state index in [0.29, 0.717) is 41.9 Å². The number of rotatable bonds is 19. The zero-order valence-corrected chi connectivity index (χ0v) is 29.3. The second-order valence-electron chi connectivity index (χ2n) is 14.3. The average molecular weight is 645 g/mol. The Morgan fingerprint density at radius 2 is 1.49 bits per heavy atom. The Balaban J connectivity index is 1.31. The number of hydrogen-bond acceptors (Lipinski definition) is 0. The van der Waals surface area contributed by atoms with E-state index in [-0.39, 0.29) is 5.82 Å². The van der Waals surface area contributed by atoms with Crippen LogP contribution in [0.2, 0.25) is 0 Å². The first kappa shape index (κ1) is 37.0. The third-order valence-corrected chi connectivity index (χ3v) is 11.1. The molecule has 0 heterocycles. The first-order valence-electron chi connectivity index (χ1n) is 18.8. The lowest BCUT2D eigenvalue weighted by Crippen LogP contribution is -2.21. The SMILES string of the molecule is C=CCCC1CCC(C(CC)CCC(=C)c2ccc(C3=CC=C(c4ccc(CCCCCCCCC)c(F)c4F)CC3)c(F)c2)CC1. The number of unbranched alkanes of at least 4 members (excludes halogenated alkanes) is 6. The van der Waals surface area contributed by atoms with E-state index in [0.717, 1.165) is 72.6 Å². The van der Waals surface area contributed by atoms with E-state index in [9.17, 15) is 4.39 Å². The van der Waals surface area contributed by atoms with E-state index in [2.05, 4.69) is 27.0 Å². The number of allylic oxidation sites excluding steroid dienone is 6. The van der Waals surface area contributed by atoms with Crippen LogP contribution >= 0.6 is 0 Å². The molecule has 1 atom stereocenters. The van der Waals surface area contributed by atoms with E-state index in [4.69, 9.17) is 0 Å². The van der Waals surface area contributed by atoms with Crippen molar-refractivity contribution in [3.8, 4) is 0 Å². The van der Waals surface area contributed by atoms with Gasteiger partial charge in [-0.05, 0) is 116 Å². The Morgan fingerprint density at radius 3 is 2.13 bits per heavy atom. The van der Waals surface area contributed by atoms with Crippen molar-refractivity contribution in [2.75, 3.05) is 0 Å². The van der Waals surface area contributed by atoms with Gasteiger partial charge in [0, 0.05) is 11.1 Å². The van der Waals surface area contributed by atoms with Gasteiger partial charge in [-0.2, -0.15) is 0 Å². The molecular weight excluding hydrogens is 585 g/mol. The summed E-state index contributed by atoms with van der Waals surface area (Å²) in [4.78, 5) is 0. The van der Waals surface area contributed by atoms with Gasteiger partial charge < -0.3 is 0 Å². The van der Waals surface area contributed by atoms with Gasteiger partial charge in [0.2, 0.25) is 0 Å². The van der Waals surface area contributed by atoms with Crippen LogP contribution < -0.4 is 0 Å². The van der Waals surface area contributed by atoms with Crippen LogP contribution in [0.25, 0.3) is 16.7 Å². The van der Waals surface area contributed by atoms with Crippen molar-refractivity contribution in [1.82, 2.24) is 0 Å². The molecule has 0 radical (unpaired) electrons. The largest absolute Gasteiger partial charge is 0.206 e. The molecule has 47 heavy (non-hydrogen) atoms. The average Bonchev–Trinajstić information content (AvgIpc) is 3.09. The van der Waals surface area contributed by atoms with Gasteiger partial charge in [0.25, 0.3) is 0 Å². The van der Waals surface area contributed by atoms with Crippen LogP contribution in [0.15, 0.2) is 61.7 Å². The Morgan fingerprint density at radius 1 is 0.830 bits per heavy atom. The van der Waals surface area contributed by atoms with Crippen molar-refractivity contribution in [2.24, 2.45) is 17.8 Å². The van der Waals surface area contributed by atoms with Crippen molar-refractivity contribution >= 4 is 16.7 Å². The summed E-state index contributed by atoms with van der Waals surface area (Å²) in [5.41, 5.74) is 4.87. The van der Waals surface area contributed by atoms with Gasteiger partial charge in [0.05, 0.1) is 0 Å². The molecule has 256 valence electrons.